The van der Waals surface area contributed by atoms with Gasteiger partial charge in [0.1, 0.15) is 5.01 Å². The van der Waals surface area contributed by atoms with Gasteiger partial charge in [-0.25, -0.2) is 4.98 Å². The summed E-state index contributed by atoms with van der Waals surface area (Å²) in [5, 5.41) is 6.99. The average molecular weight is 419 g/mol. The van der Waals surface area contributed by atoms with E-state index in [9.17, 15) is 4.79 Å². The van der Waals surface area contributed by atoms with Gasteiger partial charge >= 0.3 is 0 Å². The highest BCUT2D eigenvalue weighted by molar-refractivity contribution is 9.10. The Balaban J connectivity index is 0.00000264. The number of nitrogens with one attached hydrogen (secondary N) is 2. The molecule has 0 saturated carbocycles. The molecule has 0 radical (unpaired) electrons. The summed E-state index contributed by atoms with van der Waals surface area (Å²) in [7, 11) is 1.84. The summed E-state index contributed by atoms with van der Waals surface area (Å²) < 4.78 is 1.05. The van der Waals surface area contributed by atoms with Crippen LogP contribution in [0.5, 0.6) is 0 Å². The van der Waals surface area contributed by atoms with Gasteiger partial charge in [-0.05, 0) is 33.0 Å². The van der Waals surface area contributed by atoms with Crippen LogP contribution in [0.3, 0.4) is 0 Å². The van der Waals surface area contributed by atoms with Crippen molar-refractivity contribution in [2.24, 2.45) is 0 Å². The van der Waals surface area contributed by atoms with Gasteiger partial charge in [0.15, 0.2) is 0 Å². The van der Waals surface area contributed by atoms with E-state index in [1.807, 2.05) is 45.2 Å². The lowest BCUT2D eigenvalue weighted by Gasteiger charge is -2.12. The van der Waals surface area contributed by atoms with Gasteiger partial charge < -0.3 is 10.6 Å². The van der Waals surface area contributed by atoms with E-state index in [0.29, 0.717) is 13.0 Å². The standard InChI is InChI=1S/C16H20BrN3OS.ClH/c1-10(19-14(21)8-9-18-3)15-11(2)20-16(22-15)12-4-6-13(17)7-5-12;/h4-7,10,18H,8-9H2,1-3H3,(H,19,21);1H. The quantitative estimate of drug-likeness (QED) is 0.743. The normalized spacial score (nSPS) is 11.7. The Hall–Kier alpha value is -0.950. The Morgan fingerprint density at radius 2 is 2.00 bits per heavy atom. The zero-order chi connectivity index (χ0) is 16.1. The van der Waals surface area contributed by atoms with Crippen molar-refractivity contribution in [1.29, 1.82) is 0 Å². The SMILES string of the molecule is CNCCC(=O)NC(C)c1sc(-c2ccc(Br)cc2)nc1C.Cl. The third kappa shape index (κ3) is 5.57. The molecule has 0 bridgehead atoms. The third-order valence-corrected chi connectivity index (χ3v) is 5.21. The molecule has 2 N–H and O–H groups in total. The fourth-order valence-electron chi connectivity index (χ4n) is 2.14. The topological polar surface area (TPSA) is 54.0 Å². The maximum Gasteiger partial charge on any atom is 0.221 e. The molecule has 0 aliphatic heterocycles. The van der Waals surface area contributed by atoms with E-state index in [-0.39, 0.29) is 24.4 Å². The minimum atomic E-state index is -0.0222. The summed E-state index contributed by atoms with van der Waals surface area (Å²) in [6, 6.07) is 8.08. The summed E-state index contributed by atoms with van der Waals surface area (Å²) in [6.45, 7) is 4.68. The number of rotatable bonds is 6. The number of amides is 1. The maximum absolute atomic E-state index is 11.8. The van der Waals surface area contributed by atoms with E-state index in [1.54, 1.807) is 11.3 Å². The van der Waals surface area contributed by atoms with E-state index >= 15 is 0 Å². The number of hydrogen-bond donors (Lipinski definition) is 2. The average Bonchev–Trinajstić information content (AvgIpc) is 2.88. The van der Waals surface area contributed by atoms with Gasteiger partial charge in [-0.15, -0.1) is 23.7 Å². The number of nitrogens with zero attached hydrogens (tertiary/aromatic N) is 1. The number of halogens is 2. The van der Waals surface area contributed by atoms with Crippen LogP contribution < -0.4 is 10.6 Å². The van der Waals surface area contributed by atoms with Crippen LogP contribution in [0.4, 0.5) is 0 Å². The van der Waals surface area contributed by atoms with Gasteiger partial charge in [-0.2, -0.15) is 0 Å². The molecular weight excluding hydrogens is 398 g/mol. The molecule has 1 unspecified atom stereocenters. The first-order chi connectivity index (χ1) is 10.5. The van der Waals surface area contributed by atoms with Gasteiger partial charge in [0, 0.05) is 23.0 Å². The molecule has 1 aromatic carbocycles. The highest BCUT2D eigenvalue weighted by atomic mass is 79.9. The Kier molecular flexibility index (Phi) is 8.19. The molecule has 23 heavy (non-hydrogen) atoms. The largest absolute Gasteiger partial charge is 0.349 e. The zero-order valence-electron chi connectivity index (χ0n) is 13.4. The molecule has 0 spiro atoms. The van der Waals surface area contributed by atoms with Crippen molar-refractivity contribution in [2.75, 3.05) is 13.6 Å². The minimum absolute atomic E-state index is 0. The number of hydrogen-bond acceptors (Lipinski definition) is 4. The van der Waals surface area contributed by atoms with Crippen molar-refractivity contribution >= 4 is 45.6 Å². The molecule has 2 rings (SSSR count). The second-order valence-electron chi connectivity index (χ2n) is 5.12. The van der Waals surface area contributed by atoms with E-state index in [4.69, 9.17) is 0 Å². The van der Waals surface area contributed by atoms with Gasteiger partial charge in [-0.3, -0.25) is 4.79 Å². The highest BCUT2D eigenvalue weighted by Gasteiger charge is 2.17. The molecule has 126 valence electrons. The van der Waals surface area contributed by atoms with E-state index in [2.05, 4.69) is 31.5 Å². The van der Waals surface area contributed by atoms with E-state index < -0.39 is 0 Å². The predicted molar refractivity (Wildman–Crippen MR) is 102 cm³/mol. The molecule has 2 aromatic rings. The molecule has 1 amide bonds. The second kappa shape index (κ2) is 9.37. The summed E-state index contributed by atoms with van der Waals surface area (Å²) >= 11 is 5.07. The van der Waals surface area contributed by atoms with Crippen molar-refractivity contribution in [1.82, 2.24) is 15.6 Å². The molecule has 0 saturated heterocycles. The molecule has 0 aliphatic carbocycles. The van der Waals surface area contributed by atoms with Crippen molar-refractivity contribution in [3.8, 4) is 10.6 Å². The van der Waals surface area contributed by atoms with Crippen LogP contribution in [-0.2, 0) is 4.79 Å². The van der Waals surface area contributed by atoms with E-state index in [0.717, 1.165) is 25.6 Å². The summed E-state index contributed by atoms with van der Waals surface area (Å²) in [5.74, 6) is 0.0554. The Morgan fingerprint density at radius 1 is 1.35 bits per heavy atom. The second-order valence-corrected chi connectivity index (χ2v) is 7.06. The molecule has 1 atom stereocenters. The third-order valence-electron chi connectivity index (χ3n) is 3.30. The lowest BCUT2D eigenvalue weighted by molar-refractivity contribution is -0.121. The number of benzene rings is 1. The first-order valence-corrected chi connectivity index (χ1v) is 8.79. The van der Waals surface area contributed by atoms with Crippen LogP contribution in [0.1, 0.15) is 30.0 Å². The van der Waals surface area contributed by atoms with Crippen LogP contribution >= 0.6 is 39.7 Å². The lowest BCUT2D eigenvalue weighted by Crippen LogP contribution is -2.28. The molecule has 0 aliphatic rings. The summed E-state index contributed by atoms with van der Waals surface area (Å²) in [5.41, 5.74) is 2.07. The van der Waals surface area contributed by atoms with Gasteiger partial charge in [-0.1, -0.05) is 28.1 Å². The number of aryl methyl sites for hydroxylation is 1. The fourth-order valence-corrected chi connectivity index (χ4v) is 3.48. The van der Waals surface area contributed by atoms with Crippen LogP contribution in [0.2, 0.25) is 0 Å². The Bertz CT molecular complexity index is 645. The highest BCUT2D eigenvalue weighted by Crippen LogP contribution is 2.32. The van der Waals surface area contributed by atoms with Crippen molar-refractivity contribution in [3.05, 3.63) is 39.3 Å². The predicted octanol–water partition coefficient (Wildman–Crippen LogP) is 4.09. The summed E-state index contributed by atoms with van der Waals surface area (Å²) in [4.78, 5) is 17.6. The maximum atomic E-state index is 11.8. The summed E-state index contributed by atoms with van der Waals surface area (Å²) in [6.07, 6.45) is 0.484. The van der Waals surface area contributed by atoms with Crippen LogP contribution in [0.15, 0.2) is 28.7 Å². The van der Waals surface area contributed by atoms with E-state index in [1.165, 1.54) is 0 Å². The number of thiazole rings is 1. The van der Waals surface area contributed by atoms with Crippen LogP contribution in [0, 0.1) is 6.92 Å². The first kappa shape index (κ1) is 20.1. The van der Waals surface area contributed by atoms with Crippen molar-refractivity contribution < 1.29 is 4.79 Å². The zero-order valence-corrected chi connectivity index (χ0v) is 16.6. The molecule has 1 aromatic heterocycles. The molecular formula is C16H21BrClN3OS. The fraction of sp³-hybridized carbons (Fsp3) is 0.375. The smallest absolute Gasteiger partial charge is 0.221 e. The molecule has 0 fully saturated rings. The minimum Gasteiger partial charge on any atom is -0.349 e. The monoisotopic (exact) mass is 417 g/mol. The lowest BCUT2D eigenvalue weighted by atomic mass is 10.2. The molecule has 7 heteroatoms. The van der Waals surface area contributed by atoms with Crippen molar-refractivity contribution in [3.63, 3.8) is 0 Å². The number of aromatic nitrogens is 1. The molecule has 4 nitrogen and oxygen atoms in total. The van der Waals surface area contributed by atoms with Crippen LogP contribution in [-0.4, -0.2) is 24.5 Å². The van der Waals surface area contributed by atoms with Crippen LogP contribution in [0.25, 0.3) is 10.6 Å². The van der Waals surface area contributed by atoms with Gasteiger partial charge in [0.05, 0.1) is 16.6 Å². The van der Waals surface area contributed by atoms with Crippen molar-refractivity contribution in [2.45, 2.75) is 26.3 Å². The van der Waals surface area contributed by atoms with Gasteiger partial charge in [0.2, 0.25) is 5.91 Å². The van der Waals surface area contributed by atoms with Gasteiger partial charge in [0.25, 0.3) is 0 Å². The first-order valence-electron chi connectivity index (χ1n) is 7.18. The Morgan fingerprint density at radius 3 is 2.61 bits per heavy atom. The number of carbonyl (C=O) groups excluding carboxylic acids is 1. The Labute approximate surface area is 155 Å². The molecule has 1 heterocycles. The number of carbonyl (C=O) groups is 1.